The molecule has 0 bridgehead atoms. The van der Waals surface area contributed by atoms with Gasteiger partial charge in [0.1, 0.15) is 0 Å². The summed E-state index contributed by atoms with van der Waals surface area (Å²) in [6, 6.07) is 32.9. The third kappa shape index (κ3) is 7.55. The second kappa shape index (κ2) is 16.6. The van der Waals surface area contributed by atoms with Crippen LogP contribution in [0.25, 0.3) is 0 Å². The van der Waals surface area contributed by atoms with Gasteiger partial charge in [-0.3, -0.25) is 0 Å². The summed E-state index contributed by atoms with van der Waals surface area (Å²) in [6.07, 6.45) is 24.1. The average Bonchev–Trinajstić information content (AvgIpc) is 3.50. The molecule has 0 saturated heterocycles. The Labute approximate surface area is 263 Å². The summed E-state index contributed by atoms with van der Waals surface area (Å²) in [5.74, 6) is 6.99. The van der Waals surface area contributed by atoms with E-state index in [1.54, 1.807) is 17.9 Å². The Morgan fingerprint density at radius 2 is 1.17 bits per heavy atom. The molecule has 0 amide bonds. The van der Waals surface area contributed by atoms with Gasteiger partial charge in [-0.15, -0.1) is 0 Å². The number of benzene rings is 3. The molecule has 1 aliphatic carbocycles. The summed E-state index contributed by atoms with van der Waals surface area (Å²) < 4.78 is 3.76. The molecular weight excluding hydrogens is 702 g/mol. The van der Waals surface area contributed by atoms with E-state index in [4.69, 9.17) is 0 Å². The van der Waals surface area contributed by atoms with Crippen LogP contribution in [-0.4, -0.2) is 0 Å². The first-order valence-corrected chi connectivity index (χ1v) is 17.5. The number of hydrogen-bond donors (Lipinski definition) is 0. The van der Waals surface area contributed by atoms with Gasteiger partial charge in [-0.2, -0.15) is 0 Å². The van der Waals surface area contributed by atoms with Crippen molar-refractivity contribution in [2.45, 2.75) is 33.1 Å². The average molecular weight is 739 g/mol. The summed E-state index contributed by atoms with van der Waals surface area (Å²) in [5, 5.41) is 5.10. The minimum atomic E-state index is -2.33. The second-order valence-electron chi connectivity index (χ2n) is 9.79. The zero-order chi connectivity index (χ0) is 29.5. The van der Waals surface area contributed by atoms with Crippen molar-refractivity contribution in [3.05, 3.63) is 174 Å². The first kappa shape index (κ1) is 31.2. The van der Waals surface area contributed by atoms with Gasteiger partial charge < -0.3 is 0 Å². The molecule has 0 nitrogen and oxygen atoms in total. The van der Waals surface area contributed by atoms with Gasteiger partial charge in [0.05, 0.1) is 0 Å². The van der Waals surface area contributed by atoms with Gasteiger partial charge in [-0.1, -0.05) is 6.08 Å². The zero-order valence-corrected chi connectivity index (χ0v) is 27.8. The summed E-state index contributed by atoms with van der Waals surface area (Å²) in [6.45, 7) is 4.16. The van der Waals surface area contributed by atoms with Gasteiger partial charge in [-0.25, -0.2) is 0 Å². The van der Waals surface area contributed by atoms with E-state index in [9.17, 15) is 0 Å². The van der Waals surface area contributed by atoms with Crippen molar-refractivity contribution < 1.29 is 17.9 Å². The Morgan fingerprint density at radius 3 is 1.67 bits per heavy atom. The molecule has 0 aromatic heterocycles. The Morgan fingerprint density at radius 1 is 0.667 bits per heavy atom. The Bertz CT molecular complexity index is 1550. The monoisotopic (exact) mass is 740 g/mol. The quantitative estimate of drug-likeness (QED) is 0.123. The van der Waals surface area contributed by atoms with Crippen molar-refractivity contribution >= 4 is 23.2 Å². The van der Waals surface area contributed by atoms with E-state index in [-0.39, 0.29) is 0 Å². The predicted molar refractivity (Wildman–Crippen MR) is 182 cm³/mol. The van der Waals surface area contributed by atoms with Crippen LogP contribution >= 0.6 is 7.26 Å². The maximum absolute atomic E-state index is 3.76. The first-order chi connectivity index (χ1) is 20.7. The van der Waals surface area contributed by atoms with Crippen molar-refractivity contribution in [1.82, 2.24) is 0 Å². The van der Waals surface area contributed by atoms with Crippen LogP contribution in [0.15, 0.2) is 174 Å². The molecule has 0 heterocycles. The van der Waals surface area contributed by atoms with E-state index in [0.29, 0.717) is 0 Å². The Balaban J connectivity index is 2.03. The molecule has 42 heavy (non-hydrogen) atoms. The molecule has 209 valence electrons. The fourth-order valence-corrected chi connectivity index (χ4v) is 11.0. The molecular formula is C40H37OsP+. The van der Waals surface area contributed by atoms with Gasteiger partial charge in [-0.05, 0) is 6.92 Å². The van der Waals surface area contributed by atoms with Crippen molar-refractivity contribution in [3.8, 4) is 16.2 Å². The fraction of sp³-hybridized carbons (Fsp3) is 0.125. The molecule has 0 aliphatic heterocycles. The molecule has 0 spiro atoms. The molecule has 0 atom stereocenters. The number of rotatable bonds is 8. The van der Waals surface area contributed by atoms with Crippen LogP contribution in [-0.2, 0) is 17.9 Å². The van der Waals surface area contributed by atoms with E-state index < -0.39 is 7.26 Å². The molecule has 0 radical (unpaired) electrons. The fourth-order valence-electron chi connectivity index (χ4n) is 5.29. The molecule has 3 aromatic carbocycles. The number of hydrogen-bond acceptors (Lipinski definition) is 0. The van der Waals surface area contributed by atoms with E-state index in [2.05, 4.69) is 126 Å². The van der Waals surface area contributed by atoms with E-state index in [1.165, 1.54) is 38.8 Å². The molecule has 1 aliphatic rings. The van der Waals surface area contributed by atoms with Crippen molar-refractivity contribution in [2.24, 2.45) is 0 Å². The van der Waals surface area contributed by atoms with Crippen LogP contribution in [0.4, 0.5) is 0 Å². The third-order valence-electron chi connectivity index (χ3n) is 7.21. The van der Waals surface area contributed by atoms with Gasteiger partial charge in [0.2, 0.25) is 0 Å². The summed E-state index contributed by atoms with van der Waals surface area (Å²) in [5.41, 5.74) is 3.87. The Hall–Kier alpha value is -3.75. The number of allylic oxidation sites excluding steroid dienone is 14. The molecule has 2 heteroatoms. The molecule has 0 N–H and O–H groups in total. The maximum atomic E-state index is 3.76. The van der Waals surface area contributed by atoms with Crippen molar-refractivity contribution in [1.29, 1.82) is 0 Å². The summed E-state index contributed by atoms with van der Waals surface area (Å²) in [4.78, 5) is 0. The van der Waals surface area contributed by atoms with Crippen LogP contribution < -0.4 is 15.9 Å². The van der Waals surface area contributed by atoms with Gasteiger partial charge >= 0.3 is 251 Å². The van der Waals surface area contributed by atoms with E-state index in [1.807, 2.05) is 55.5 Å². The molecule has 3 aromatic rings. The molecule has 1 saturated carbocycles. The van der Waals surface area contributed by atoms with Crippen LogP contribution in [0, 0.1) is 16.2 Å². The molecule has 1 fully saturated rings. The van der Waals surface area contributed by atoms with Gasteiger partial charge in [0, 0.05) is 0 Å². The van der Waals surface area contributed by atoms with Gasteiger partial charge in [0.25, 0.3) is 0 Å². The van der Waals surface area contributed by atoms with Crippen LogP contribution in [0.1, 0.15) is 33.1 Å². The normalized spacial score (nSPS) is 16.4. The zero-order valence-electron chi connectivity index (χ0n) is 24.4. The SMILES string of the molecule is CC=C1CCCC1=CC(C#C/C=C/C=C/C=C/C=C/C)=C([C]#[Os])[P+](c1ccccc1)(c1ccccc1)c1ccccc1. The topological polar surface area (TPSA) is 0 Å². The van der Waals surface area contributed by atoms with E-state index in [0.717, 1.165) is 18.4 Å². The third-order valence-corrected chi connectivity index (χ3v) is 12.6. The molecule has 0 unspecified atom stereocenters. The van der Waals surface area contributed by atoms with Gasteiger partial charge in [0.15, 0.2) is 0 Å². The standard InChI is InChI=1S/C40H37P.Os/c1-4-6-7-8-9-10-11-12-16-24-36(33-37-26-23-25-35(37)5-2)34(3)41(38-27-17-13-18-28-38,39-29-19-14-20-30-39)40-31-21-15-22-32-40;/h4-15,17-22,27-33H,23,25-26H2,1-2H3;/q+1;/b6-4+,8-7+,10-9+,12-11+,35-5?,36-34?,37-33?;. The minimum absolute atomic E-state index is 1.05. The Kier molecular flexibility index (Phi) is 12.3. The van der Waals surface area contributed by atoms with Crippen molar-refractivity contribution in [2.75, 3.05) is 0 Å². The summed E-state index contributed by atoms with van der Waals surface area (Å²) in [7, 11) is -2.33. The van der Waals surface area contributed by atoms with Crippen molar-refractivity contribution in [3.63, 3.8) is 0 Å². The first-order valence-electron chi connectivity index (χ1n) is 14.4. The van der Waals surface area contributed by atoms with Crippen LogP contribution in [0.2, 0.25) is 0 Å². The summed E-state index contributed by atoms with van der Waals surface area (Å²) >= 11 is 1.80. The van der Waals surface area contributed by atoms with E-state index >= 15 is 0 Å². The second-order valence-corrected chi connectivity index (χ2v) is 13.8. The predicted octanol–water partition coefficient (Wildman–Crippen LogP) is 9.05. The van der Waals surface area contributed by atoms with Crippen LogP contribution in [0.3, 0.4) is 0 Å². The molecule has 4 rings (SSSR count). The van der Waals surface area contributed by atoms with Crippen LogP contribution in [0.5, 0.6) is 0 Å².